The smallest absolute Gasteiger partial charge is 0.240 e. The quantitative estimate of drug-likeness (QED) is 0.187. The number of H-pyrrole nitrogens is 2. The molecule has 2 aromatic heterocycles. The largest absolute Gasteiger partial charge is 0.392 e. The maximum atomic E-state index is 13.2. The normalized spacial score (nSPS) is 28.0. The highest BCUT2D eigenvalue weighted by Gasteiger charge is 2.39. The van der Waals surface area contributed by atoms with Crippen molar-refractivity contribution in [3.63, 3.8) is 0 Å². The number of rotatable bonds is 4. The first-order chi connectivity index (χ1) is 22.4. The van der Waals surface area contributed by atoms with Gasteiger partial charge in [0, 0.05) is 37.3 Å². The van der Waals surface area contributed by atoms with Crippen molar-refractivity contribution in [2.75, 3.05) is 26.2 Å². The van der Waals surface area contributed by atoms with E-state index >= 15 is 0 Å². The minimum absolute atomic E-state index is 0.0308. The molecule has 46 heavy (non-hydrogen) atoms. The number of likely N-dealkylation sites (tertiary alicyclic amines) is 2. The average molecular weight is 623 g/mol. The van der Waals surface area contributed by atoms with Crippen LogP contribution in [0.2, 0.25) is 0 Å². The second-order valence-electron chi connectivity index (χ2n) is 13.0. The summed E-state index contributed by atoms with van der Waals surface area (Å²) in [5, 5.41) is 26.0. The maximum absolute atomic E-state index is 13.2. The molecule has 6 N–H and O–H groups in total. The van der Waals surface area contributed by atoms with E-state index in [-0.39, 0.29) is 36.0 Å². The van der Waals surface area contributed by atoms with Crippen LogP contribution < -0.4 is 10.6 Å². The number of carbonyl (C=O) groups excluding carboxylic acids is 2. The lowest BCUT2D eigenvalue weighted by molar-refractivity contribution is -0.135. The van der Waals surface area contributed by atoms with Gasteiger partial charge < -0.3 is 40.6 Å². The molecule has 0 saturated carbocycles. The fourth-order valence-electron chi connectivity index (χ4n) is 7.51. The third kappa shape index (κ3) is 5.43. The summed E-state index contributed by atoms with van der Waals surface area (Å²) in [5.41, 5.74) is 5.09. The molecule has 4 aliphatic heterocycles. The Morgan fingerprint density at radius 1 is 0.717 bits per heavy atom. The Morgan fingerprint density at radius 2 is 1.17 bits per heavy atom. The number of hydrogen-bond acceptors (Lipinski definition) is 8. The number of aromatic amines is 2. The molecule has 238 valence electrons. The first-order valence-corrected chi connectivity index (χ1v) is 16.3. The lowest BCUT2D eigenvalue weighted by Gasteiger charge is -2.26. The van der Waals surface area contributed by atoms with Crippen molar-refractivity contribution in [2.24, 2.45) is 0 Å². The molecule has 0 radical (unpaired) electrons. The Hall–Kier alpha value is -4.28. The number of nitrogens with zero attached hydrogens (tertiary/aromatic N) is 4. The van der Waals surface area contributed by atoms with Gasteiger partial charge in [0.2, 0.25) is 11.8 Å². The number of amides is 2. The number of carbonyl (C=O) groups is 2. The zero-order valence-electron chi connectivity index (χ0n) is 25.5. The van der Waals surface area contributed by atoms with Crippen molar-refractivity contribution in [2.45, 2.75) is 74.9 Å². The predicted octanol–water partition coefficient (Wildman–Crippen LogP) is 1.61. The molecule has 12 heteroatoms. The molecule has 0 spiro atoms. The zero-order chi connectivity index (χ0) is 31.4. The van der Waals surface area contributed by atoms with E-state index in [0.717, 1.165) is 70.5 Å². The Kier molecular flexibility index (Phi) is 7.49. The number of hydrogen-bond donors (Lipinski definition) is 6. The molecule has 0 bridgehead atoms. The molecular formula is C34H38N8O4. The lowest BCUT2D eigenvalue weighted by atomic mass is 10.1. The molecular weight excluding hydrogens is 584 g/mol. The number of aromatic nitrogens is 4. The fourth-order valence-corrected chi connectivity index (χ4v) is 7.51. The van der Waals surface area contributed by atoms with Gasteiger partial charge in [-0.3, -0.25) is 9.59 Å². The number of aliphatic hydroxyl groups excluding tert-OH is 2. The zero-order valence-corrected chi connectivity index (χ0v) is 25.5. The molecule has 6 atom stereocenters. The van der Waals surface area contributed by atoms with E-state index in [4.69, 9.17) is 9.97 Å². The standard InChI is InChI=1S/C34H38N8O4/c43-21-15-27(35-17-21)33(45)41-11-1-3-29(41)31-37-23-9-7-19(13-25(23)39-31)5-6-20-8-10-24-26(14-20)40-32(38-24)30-4-2-12-42(30)34(46)28-16-22(44)18-36-28/h7-10,13-14,21-22,27-30,35-36,43-44H,1-4,11-12,15-18H2,(H,37,39)(H,38,40)/t21-,22-,27-,28-,29+,30+/m1/s1. The highest BCUT2D eigenvalue weighted by atomic mass is 16.3. The summed E-state index contributed by atoms with van der Waals surface area (Å²) in [6.07, 6.45) is 3.48. The molecule has 2 amide bonds. The summed E-state index contributed by atoms with van der Waals surface area (Å²) in [4.78, 5) is 46.7. The number of nitrogens with one attached hydrogen (secondary N) is 4. The van der Waals surface area contributed by atoms with Crippen molar-refractivity contribution in [3.8, 4) is 11.8 Å². The Morgan fingerprint density at radius 3 is 1.59 bits per heavy atom. The molecule has 4 fully saturated rings. The number of aliphatic hydroxyl groups is 2. The first-order valence-electron chi connectivity index (χ1n) is 16.3. The van der Waals surface area contributed by atoms with Crippen LogP contribution in [-0.4, -0.2) is 102 Å². The van der Waals surface area contributed by atoms with Gasteiger partial charge in [-0.2, -0.15) is 0 Å². The van der Waals surface area contributed by atoms with Gasteiger partial charge >= 0.3 is 0 Å². The van der Waals surface area contributed by atoms with Crippen LogP contribution in [0.25, 0.3) is 22.1 Å². The van der Waals surface area contributed by atoms with Gasteiger partial charge in [0.05, 0.1) is 58.4 Å². The lowest BCUT2D eigenvalue weighted by Crippen LogP contribution is -2.43. The van der Waals surface area contributed by atoms with Crippen LogP contribution in [0.3, 0.4) is 0 Å². The summed E-state index contributed by atoms with van der Waals surface area (Å²) in [7, 11) is 0. The molecule has 0 aliphatic carbocycles. The average Bonchev–Trinajstić information content (AvgIpc) is 3.90. The van der Waals surface area contributed by atoms with Crippen LogP contribution in [0.1, 0.15) is 73.4 Å². The van der Waals surface area contributed by atoms with Crippen molar-refractivity contribution in [3.05, 3.63) is 59.2 Å². The van der Waals surface area contributed by atoms with Crippen LogP contribution in [-0.2, 0) is 9.59 Å². The van der Waals surface area contributed by atoms with Crippen LogP contribution in [0, 0.1) is 11.8 Å². The fraction of sp³-hybridized carbons (Fsp3) is 0.471. The SMILES string of the molecule is O=C([C@H]1C[C@@H](O)CN1)N1CCC[C@H]1c1nc2cc(C#Cc3ccc4[nH]c([C@@H]5CCCN5C(=O)[C@H]5C[C@@H](O)CN5)nc4c3)ccc2[nH]1. The highest BCUT2D eigenvalue weighted by molar-refractivity contribution is 5.84. The van der Waals surface area contributed by atoms with Crippen molar-refractivity contribution in [1.82, 2.24) is 40.4 Å². The van der Waals surface area contributed by atoms with Gasteiger partial charge in [-0.05, 0) is 74.9 Å². The van der Waals surface area contributed by atoms with Crippen LogP contribution in [0.4, 0.5) is 0 Å². The Bertz CT molecular complexity index is 1740. The molecule has 4 saturated heterocycles. The number of fused-ring (bicyclic) bond motifs is 2. The van der Waals surface area contributed by atoms with E-state index in [1.54, 1.807) is 0 Å². The molecule has 12 nitrogen and oxygen atoms in total. The molecule has 4 aromatic rings. The van der Waals surface area contributed by atoms with E-state index in [0.29, 0.717) is 39.0 Å². The second kappa shape index (κ2) is 11.8. The second-order valence-corrected chi connectivity index (χ2v) is 13.0. The highest BCUT2D eigenvalue weighted by Crippen LogP contribution is 2.34. The van der Waals surface area contributed by atoms with Gasteiger partial charge in [-0.1, -0.05) is 11.8 Å². The van der Waals surface area contributed by atoms with Crippen molar-refractivity contribution in [1.29, 1.82) is 0 Å². The number of β-amino-alcohol motifs (C(OH)–C–C–N with tert-alkyl or cyclic N) is 2. The Balaban J connectivity index is 0.981. The van der Waals surface area contributed by atoms with Crippen molar-refractivity contribution < 1.29 is 19.8 Å². The minimum atomic E-state index is -0.476. The van der Waals surface area contributed by atoms with Crippen LogP contribution >= 0.6 is 0 Å². The summed E-state index contributed by atoms with van der Waals surface area (Å²) in [6.45, 7) is 2.28. The molecule has 2 aromatic carbocycles. The predicted molar refractivity (Wildman–Crippen MR) is 170 cm³/mol. The summed E-state index contributed by atoms with van der Waals surface area (Å²) < 4.78 is 0. The van der Waals surface area contributed by atoms with E-state index in [2.05, 4.69) is 32.4 Å². The van der Waals surface area contributed by atoms with E-state index in [9.17, 15) is 19.8 Å². The van der Waals surface area contributed by atoms with Gasteiger partial charge in [-0.25, -0.2) is 9.97 Å². The maximum Gasteiger partial charge on any atom is 0.240 e. The van der Waals surface area contributed by atoms with Crippen molar-refractivity contribution >= 4 is 33.9 Å². The van der Waals surface area contributed by atoms with Crippen LogP contribution in [0.15, 0.2) is 36.4 Å². The minimum Gasteiger partial charge on any atom is -0.392 e. The third-order valence-corrected chi connectivity index (χ3v) is 9.87. The molecule has 8 rings (SSSR count). The van der Waals surface area contributed by atoms with Gasteiger partial charge in [-0.15, -0.1) is 0 Å². The van der Waals surface area contributed by atoms with E-state index < -0.39 is 12.2 Å². The van der Waals surface area contributed by atoms with Gasteiger partial charge in [0.15, 0.2) is 0 Å². The first kappa shape index (κ1) is 29.1. The summed E-state index contributed by atoms with van der Waals surface area (Å²) in [5.74, 6) is 8.15. The van der Waals surface area contributed by atoms with Gasteiger partial charge in [0.25, 0.3) is 0 Å². The van der Waals surface area contributed by atoms with E-state index in [1.165, 1.54) is 0 Å². The molecule has 0 unspecified atom stereocenters. The number of benzene rings is 2. The molecule has 4 aliphatic rings. The van der Waals surface area contributed by atoms with Crippen LogP contribution in [0.5, 0.6) is 0 Å². The number of imidazole rings is 2. The third-order valence-electron chi connectivity index (χ3n) is 9.87. The Labute approximate surface area is 266 Å². The van der Waals surface area contributed by atoms with E-state index in [1.807, 2.05) is 46.2 Å². The summed E-state index contributed by atoms with van der Waals surface area (Å²) >= 11 is 0. The van der Waals surface area contributed by atoms with Gasteiger partial charge in [0.1, 0.15) is 11.6 Å². The molecule has 6 heterocycles. The topological polar surface area (TPSA) is 162 Å². The monoisotopic (exact) mass is 622 g/mol. The summed E-state index contributed by atoms with van der Waals surface area (Å²) in [6, 6.07) is 10.9.